The average molecular weight is 491 g/mol. The lowest BCUT2D eigenvalue weighted by molar-refractivity contribution is -0.149. The molecule has 0 atom stereocenters. The summed E-state index contributed by atoms with van der Waals surface area (Å²) in [6.45, 7) is 1.41. The third kappa shape index (κ3) is 4.32. The van der Waals surface area contributed by atoms with Crippen molar-refractivity contribution in [2.24, 2.45) is 5.41 Å². The van der Waals surface area contributed by atoms with Crippen molar-refractivity contribution >= 4 is 28.6 Å². The molecule has 1 spiro atoms. The van der Waals surface area contributed by atoms with Gasteiger partial charge in [-0.05, 0) is 36.8 Å². The Balaban J connectivity index is 1.33. The largest absolute Gasteiger partial charge is 0.489 e. The minimum Gasteiger partial charge on any atom is -0.489 e. The molecule has 186 valence electrons. The Hall–Kier alpha value is -4.14. The van der Waals surface area contributed by atoms with Gasteiger partial charge >= 0.3 is 0 Å². The second kappa shape index (κ2) is 9.49. The van der Waals surface area contributed by atoms with Crippen LogP contribution in [0.15, 0.2) is 60.8 Å². The molecule has 0 saturated carbocycles. The van der Waals surface area contributed by atoms with Crippen LogP contribution in [0, 0.1) is 11.2 Å². The quantitative estimate of drug-likeness (QED) is 0.513. The number of hydrogen-bond acceptors (Lipinski definition) is 4. The summed E-state index contributed by atoms with van der Waals surface area (Å²) in [6.07, 6.45) is 5.76. The molecule has 0 radical (unpaired) electrons. The zero-order valence-electron chi connectivity index (χ0n) is 19.9. The number of aromatic nitrogens is 1. The molecule has 0 aliphatic carbocycles. The first kappa shape index (κ1) is 23.6. The smallest absolute Gasteiger partial charge is 0.256 e. The average Bonchev–Trinajstić information content (AvgIpc) is 3.27. The fraction of sp³-hybridized carbons (Fsp3) is 0.296. The lowest BCUT2D eigenvalue weighted by Crippen LogP contribution is -2.64. The number of rotatable bonds is 1. The van der Waals surface area contributed by atoms with Gasteiger partial charge in [-0.2, -0.15) is 0 Å². The summed E-state index contributed by atoms with van der Waals surface area (Å²) < 4.78 is 19.3. The van der Waals surface area contributed by atoms with E-state index in [1.54, 1.807) is 47.3 Å². The number of nitrogens with one attached hydrogen (secondary N) is 2. The van der Waals surface area contributed by atoms with Crippen molar-refractivity contribution in [2.75, 3.05) is 39.8 Å². The number of likely N-dealkylation sites (N-methyl/N-ethyl adjacent to an activating group) is 1. The zero-order chi connectivity index (χ0) is 25.3. The van der Waals surface area contributed by atoms with Crippen LogP contribution in [0.5, 0.6) is 5.75 Å². The van der Waals surface area contributed by atoms with Crippen LogP contribution in [0.2, 0.25) is 0 Å². The fourth-order valence-electron chi connectivity index (χ4n) is 4.86. The van der Waals surface area contributed by atoms with E-state index in [-0.39, 0.29) is 49.8 Å². The summed E-state index contributed by atoms with van der Waals surface area (Å²) in [7, 11) is 1.71. The molecule has 36 heavy (non-hydrogen) atoms. The number of hydrogen-bond donors (Lipinski definition) is 2. The van der Waals surface area contributed by atoms with Gasteiger partial charge in [-0.3, -0.25) is 14.4 Å². The molecule has 2 aliphatic heterocycles. The van der Waals surface area contributed by atoms with E-state index in [4.69, 9.17) is 4.74 Å². The van der Waals surface area contributed by atoms with E-state index in [9.17, 15) is 18.8 Å². The molecule has 0 unspecified atom stereocenters. The predicted molar refractivity (Wildman–Crippen MR) is 132 cm³/mol. The minimum absolute atomic E-state index is 0.0789. The molecule has 3 aromatic rings. The third-order valence-corrected chi connectivity index (χ3v) is 6.82. The maximum atomic E-state index is 13.5. The van der Waals surface area contributed by atoms with E-state index in [1.165, 1.54) is 12.1 Å². The van der Waals surface area contributed by atoms with Crippen LogP contribution >= 0.6 is 0 Å². The Morgan fingerprint density at radius 2 is 1.92 bits per heavy atom. The lowest BCUT2D eigenvalue weighted by Gasteiger charge is -2.50. The summed E-state index contributed by atoms with van der Waals surface area (Å²) in [5.74, 6) is -0.430. The van der Waals surface area contributed by atoms with Gasteiger partial charge in [0, 0.05) is 50.3 Å². The van der Waals surface area contributed by atoms with Crippen LogP contribution in [0.3, 0.4) is 0 Å². The number of nitrogens with zero attached hydrogens (tertiary/aromatic N) is 2. The second-order valence-corrected chi connectivity index (χ2v) is 9.30. The Morgan fingerprint density at radius 1 is 1.11 bits per heavy atom. The lowest BCUT2D eigenvalue weighted by atomic mass is 9.75. The summed E-state index contributed by atoms with van der Waals surface area (Å²) in [6, 6.07) is 11.3. The Bertz CT molecular complexity index is 1360. The maximum absolute atomic E-state index is 13.5. The normalized spacial score (nSPS) is 19.2. The van der Waals surface area contributed by atoms with Crippen LogP contribution in [0.25, 0.3) is 10.9 Å². The molecule has 5 rings (SSSR count). The number of allylic oxidation sites excluding steroid dienone is 1. The van der Waals surface area contributed by atoms with Crippen LogP contribution in [0.4, 0.5) is 4.39 Å². The van der Waals surface area contributed by atoms with Crippen molar-refractivity contribution in [3.05, 3.63) is 77.8 Å². The van der Waals surface area contributed by atoms with Crippen LogP contribution in [-0.2, 0) is 4.79 Å². The summed E-state index contributed by atoms with van der Waals surface area (Å²) in [5, 5.41) is 3.49. The number of carbonyl (C=O) groups excluding carboxylic acids is 3. The molecule has 3 amide bonds. The summed E-state index contributed by atoms with van der Waals surface area (Å²) in [4.78, 5) is 45.5. The van der Waals surface area contributed by atoms with Crippen molar-refractivity contribution < 1.29 is 23.5 Å². The molecule has 1 saturated heterocycles. The van der Waals surface area contributed by atoms with E-state index in [2.05, 4.69) is 10.3 Å². The molecule has 2 N–H and O–H groups in total. The van der Waals surface area contributed by atoms with Gasteiger partial charge in [0.1, 0.15) is 18.2 Å². The van der Waals surface area contributed by atoms with Gasteiger partial charge in [-0.15, -0.1) is 0 Å². The molecular formula is C27H27FN4O4. The van der Waals surface area contributed by atoms with Crippen LogP contribution in [0.1, 0.15) is 27.1 Å². The molecule has 3 heterocycles. The van der Waals surface area contributed by atoms with Crippen molar-refractivity contribution in [2.45, 2.75) is 6.42 Å². The Morgan fingerprint density at radius 3 is 2.75 bits per heavy atom. The number of ether oxygens (including phenoxy) is 1. The van der Waals surface area contributed by atoms with Crippen LogP contribution in [-0.4, -0.2) is 72.3 Å². The van der Waals surface area contributed by atoms with Gasteiger partial charge in [-0.25, -0.2) is 4.39 Å². The molecule has 8 nitrogen and oxygen atoms in total. The van der Waals surface area contributed by atoms with Crippen molar-refractivity contribution in [1.82, 2.24) is 20.1 Å². The standard InChI is InChI=1S/C27H27FN4O4/c1-31-12-11-29-24(33)20-6-2-3-7-23(20)36-13-5-4-10-27(26(31)35)16-32(17-27)25(34)21-15-30-22-14-18(28)8-9-19(21)22/h2-9,14-15,30H,10-13,16-17H2,1H3,(H,29,33)/b5-4+. The number of halogens is 1. The Labute approximate surface area is 207 Å². The Kier molecular flexibility index (Phi) is 6.22. The second-order valence-electron chi connectivity index (χ2n) is 9.30. The number of benzene rings is 2. The monoisotopic (exact) mass is 490 g/mol. The zero-order valence-corrected chi connectivity index (χ0v) is 19.9. The summed E-state index contributed by atoms with van der Waals surface area (Å²) in [5.41, 5.74) is 0.688. The first-order valence-corrected chi connectivity index (χ1v) is 11.8. The molecule has 0 bridgehead atoms. The molecule has 1 aromatic heterocycles. The molecule has 1 fully saturated rings. The van der Waals surface area contributed by atoms with E-state index < -0.39 is 5.41 Å². The van der Waals surface area contributed by atoms with Gasteiger partial charge in [0.05, 0.1) is 16.5 Å². The number of amides is 3. The number of fused-ring (bicyclic) bond motifs is 2. The van der Waals surface area contributed by atoms with E-state index in [0.29, 0.717) is 40.7 Å². The molecular weight excluding hydrogens is 463 g/mol. The minimum atomic E-state index is -0.759. The van der Waals surface area contributed by atoms with Gasteiger partial charge < -0.3 is 24.8 Å². The van der Waals surface area contributed by atoms with E-state index in [0.717, 1.165) is 0 Å². The number of para-hydroxylation sites is 1. The van der Waals surface area contributed by atoms with Gasteiger partial charge in [0.2, 0.25) is 5.91 Å². The fourth-order valence-corrected chi connectivity index (χ4v) is 4.86. The molecule has 2 aliphatic rings. The first-order chi connectivity index (χ1) is 17.4. The topological polar surface area (TPSA) is 94.7 Å². The number of aromatic amines is 1. The van der Waals surface area contributed by atoms with Gasteiger partial charge in [0.15, 0.2) is 0 Å². The molecule has 2 aromatic carbocycles. The van der Waals surface area contributed by atoms with E-state index in [1.807, 2.05) is 18.2 Å². The number of carbonyl (C=O) groups is 3. The predicted octanol–water partition coefficient (Wildman–Crippen LogP) is 2.98. The van der Waals surface area contributed by atoms with Crippen molar-refractivity contribution in [3.63, 3.8) is 0 Å². The van der Waals surface area contributed by atoms with Crippen LogP contribution < -0.4 is 10.1 Å². The SMILES string of the molecule is CN1CCNC(=O)c2ccccc2OC/C=C/CC2(CN(C(=O)c3c[nH]c4cc(F)ccc34)C2)C1=O. The van der Waals surface area contributed by atoms with Crippen molar-refractivity contribution in [1.29, 1.82) is 0 Å². The van der Waals surface area contributed by atoms with Gasteiger partial charge in [0.25, 0.3) is 11.8 Å². The highest BCUT2D eigenvalue weighted by molar-refractivity contribution is 6.07. The highest BCUT2D eigenvalue weighted by Gasteiger charge is 2.51. The summed E-state index contributed by atoms with van der Waals surface area (Å²) >= 11 is 0. The molecule has 9 heteroatoms. The van der Waals surface area contributed by atoms with Crippen molar-refractivity contribution in [3.8, 4) is 5.75 Å². The number of H-pyrrole nitrogens is 1. The van der Waals surface area contributed by atoms with Gasteiger partial charge in [-0.1, -0.05) is 24.3 Å². The van der Waals surface area contributed by atoms with E-state index >= 15 is 0 Å². The number of likely N-dealkylation sites (tertiary alicyclic amines) is 1. The highest BCUT2D eigenvalue weighted by atomic mass is 19.1. The first-order valence-electron chi connectivity index (χ1n) is 11.8. The maximum Gasteiger partial charge on any atom is 0.256 e. The third-order valence-electron chi connectivity index (χ3n) is 6.82. The highest BCUT2D eigenvalue weighted by Crippen LogP contribution is 2.38.